The summed E-state index contributed by atoms with van der Waals surface area (Å²) in [7, 11) is 0. The van der Waals surface area contributed by atoms with Gasteiger partial charge in [-0.25, -0.2) is 4.79 Å². The van der Waals surface area contributed by atoms with Gasteiger partial charge in [-0.05, 0) is 37.6 Å². The molecule has 0 saturated carbocycles. The Bertz CT molecular complexity index is 545. The van der Waals surface area contributed by atoms with Crippen LogP contribution in [0.25, 0.3) is 10.9 Å². The molecular formula is C12H12ClNO2. The van der Waals surface area contributed by atoms with E-state index in [1.165, 1.54) is 0 Å². The van der Waals surface area contributed by atoms with Crippen molar-refractivity contribution in [3.63, 3.8) is 0 Å². The number of ether oxygens (including phenoxy) is 1. The molecule has 0 saturated heterocycles. The smallest absolute Gasteiger partial charge is 0.354 e. The van der Waals surface area contributed by atoms with Crippen LogP contribution in [0.1, 0.15) is 23.0 Å². The van der Waals surface area contributed by atoms with Crippen molar-refractivity contribution in [3.05, 3.63) is 34.5 Å². The van der Waals surface area contributed by atoms with E-state index in [2.05, 4.69) is 4.98 Å². The van der Waals surface area contributed by atoms with E-state index in [1.54, 1.807) is 19.1 Å². The molecule has 1 aromatic heterocycles. The highest BCUT2D eigenvalue weighted by molar-refractivity contribution is 6.31. The zero-order chi connectivity index (χ0) is 11.7. The number of benzene rings is 1. The number of carbonyl (C=O) groups excluding carboxylic acids is 1. The number of halogens is 1. The van der Waals surface area contributed by atoms with Crippen molar-refractivity contribution in [3.8, 4) is 0 Å². The van der Waals surface area contributed by atoms with Gasteiger partial charge in [-0.3, -0.25) is 0 Å². The Morgan fingerprint density at radius 1 is 1.44 bits per heavy atom. The number of nitrogens with one attached hydrogen (secondary N) is 1. The van der Waals surface area contributed by atoms with Crippen LogP contribution in [0.5, 0.6) is 0 Å². The lowest BCUT2D eigenvalue weighted by Crippen LogP contribution is -2.04. The molecule has 0 radical (unpaired) electrons. The molecule has 0 bridgehead atoms. The average Bonchev–Trinajstić information content (AvgIpc) is 2.62. The van der Waals surface area contributed by atoms with E-state index in [9.17, 15) is 4.79 Å². The highest BCUT2D eigenvalue weighted by Gasteiger charge is 2.11. The summed E-state index contributed by atoms with van der Waals surface area (Å²) in [4.78, 5) is 14.5. The van der Waals surface area contributed by atoms with Gasteiger partial charge in [0.1, 0.15) is 5.69 Å². The van der Waals surface area contributed by atoms with Gasteiger partial charge in [-0.2, -0.15) is 0 Å². The van der Waals surface area contributed by atoms with Gasteiger partial charge in [0.05, 0.1) is 6.61 Å². The Balaban J connectivity index is 2.51. The van der Waals surface area contributed by atoms with Crippen molar-refractivity contribution in [2.75, 3.05) is 6.61 Å². The largest absolute Gasteiger partial charge is 0.461 e. The minimum atomic E-state index is -0.339. The number of fused-ring (bicyclic) bond motifs is 1. The highest BCUT2D eigenvalue weighted by atomic mass is 35.5. The van der Waals surface area contributed by atoms with Crippen molar-refractivity contribution >= 4 is 28.5 Å². The zero-order valence-electron chi connectivity index (χ0n) is 9.13. The number of H-pyrrole nitrogens is 1. The van der Waals surface area contributed by atoms with Gasteiger partial charge in [0, 0.05) is 15.9 Å². The number of hydrogen-bond donors (Lipinski definition) is 1. The number of aromatic amines is 1. The predicted molar refractivity (Wildman–Crippen MR) is 64.0 cm³/mol. The highest BCUT2D eigenvalue weighted by Crippen LogP contribution is 2.24. The molecule has 2 aromatic rings. The van der Waals surface area contributed by atoms with Crippen molar-refractivity contribution in [1.82, 2.24) is 4.98 Å². The van der Waals surface area contributed by atoms with E-state index >= 15 is 0 Å². The molecule has 2 rings (SSSR count). The summed E-state index contributed by atoms with van der Waals surface area (Å²) in [5.74, 6) is -0.339. The molecule has 1 aromatic carbocycles. The molecule has 0 atom stereocenters. The van der Waals surface area contributed by atoms with E-state index in [1.807, 2.05) is 13.0 Å². The summed E-state index contributed by atoms with van der Waals surface area (Å²) >= 11 is 5.94. The fourth-order valence-corrected chi connectivity index (χ4v) is 1.97. The van der Waals surface area contributed by atoms with Crippen LogP contribution in [0.15, 0.2) is 18.2 Å². The Labute approximate surface area is 98.4 Å². The van der Waals surface area contributed by atoms with Crippen molar-refractivity contribution in [2.24, 2.45) is 0 Å². The normalized spacial score (nSPS) is 10.7. The third kappa shape index (κ3) is 1.91. The predicted octanol–water partition coefficient (Wildman–Crippen LogP) is 3.31. The Morgan fingerprint density at radius 2 is 2.19 bits per heavy atom. The first kappa shape index (κ1) is 11.0. The second-order valence-electron chi connectivity index (χ2n) is 3.59. The fourth-order valence-electron chi connectivity index (χ4n) is 1.69. The zero-order valence-corrected chi connectivity index (χ0v) is 9.89. The molecule has 1 N–H and O–H groups in total. The Morgan fingerprint density at radius 3 is 2.88 bits per heavy atom. The van der Waals surface area contributed by atoms with Crippen LogP contribution in [0.4, 0.5) is 0 Å². The monoisotopic (exact) mass is 237 g/mol. The molecular weight excluding hydrogens is 226 g/mol. The van der Waals surface area contributed by atoms with Crippen LogP contribution in [-0.4, -0.2) is 17.6 Å². The van der Waals surface area contributed by atoms with Crippen molar-refractivity contribution < 1.29 is 9.53 Å². The summed E-state index contributed by atoms with van der Waals surface area (Å²) in [5, 5.41) is 1.65. The molecule has 0 spiro atoms. The number of rotatable bonds is 2. The van der Waals surface area contributed by atoms with E-state index in [4.69, 9.17) is 16.3 Å². The lowest BCUT2D eigenvalue weighted by Gasteiger charge is -1.96. The van der Waals surface area contributed by atoms with Gasteiger partial charge >= 0.3 is 5.97 Å². The summed E-state index contributed by atoms with van der Waals surface area (Å²) < 4.78 is 4.92. The van der Waals surface area contributed by atoms with Gasteiger partial charge in [0.25, 0.3) is 0 Å². The lowest BCUT2D eigenvalue weighted by atomic mass is 10.1. The van der Waals surface area contributed by atoms with Crippen molar-refractivity contribution in [1.29, 1.82) is 0 Å². The van der Waals surface area contributed by atoms with Crippen LogP contribution in [0.2, 0.25) is 5.02 Å². The molecule has 1 heterocycles. The molecule has 0 aliphatic carbocycles. The van der Waals surface area contributed by atoms with Crippen LogP contribution >= 0.6 is 11.6 Å². The molecule has 0 aliphatic heterocycles. The molecule has 16 heavy (non-hydrogen) atoms. The van der Waals surface area contributed by atoms with Crippen LogP contribution in [0.3, 0.4) is 0 Å². The quantitative estimate of drug-likeness (QED) is 0.815. The number of aryl methyl sites for hydroxylation is 1. The van der Waals surface area contributed by atoms with Gasteiger partial charge in [-0.15, -0.1) is 0 Å². The molecule has 0 unspecified atom stereocenters. The summed E-state index contributed by atoms with van der Waals surface area (Å²) in [6.45, 7) is 4.10. The van der Waals surface area contributed by atoms with Crippen molar-refractivity contribution in [2.45, 2.75) is 13.8 Å². The lowest BCUT2D eigenvalue weighted by molar-refractivity contribution is 0.0520. The molecule has 0 aliphatic rings. The molecule has 84 valence electrons. The number of hydrogen-bond acceptors (Lipinski definition) is 2. The standard InChI is InChI=1S/C12H12ClNO2/c1-3-16-12(15)11-6-9-7(2)4-8(13)5-10(9)14-11/h4-6,14H,3H2,1-2H3. The second-order valence-corrected chi connectivity index (χ2v) is 4.02. The maximum absolute atomic E-state index is 11.5. The molecule has 4 heteroatoms. The summed E-state index contributed by atoms with van der Waals surface area (Å²) in [5.41, 5.74) is 2.35. The van der Waals surface area contributed by atoms with Crippen LogP contribution < -0.4 is 0 Å². The van der Waals surface area contributed by atoms with E-state index in [0.717, 1.165) is 16.5 Å². The van der Waals surface area contributed by atoms with E-state index in [0.29, 0.717) is 17.3 Å². The molecule has 0 fully saturated rings. The van der Waals surface area contributed by atoms with E-state index < -0.39 is 0 Å². The first-order valence-electron chi connectivity index (χ1n) is 5.08. The number of aromatic nitrogens is 1. The SMILES string of the molecule is CCOC(=O)c1cc2c(C)cc(Cl)cc2[nH]1. The summed E-state index contributed by atoms with van der Waals surface area (Å²) in [6.07, 6.45) is 0. The maximum atomic E-state index is 11.5. The molecule has 0 amide bonds. The topological polar surface area (TPSA) is 42.1 Å². The van der Waals surface area contributed by atoms with E-state index in [-0.39, 0.29) is 5.97 Å². The van der Waals surface area contributed by atoms with Gasteiger partial charge in [0.2, 0.25) is 0 Å². The van der Waals surface area contributed by atoms with Crippen LogP contribution in [-0.2, 0) is 4.74 Å². The third-order valence-electron chi connectivity index (χ3n) is 2.40. The minimum absolute atomic E-state index is 0.339. The molecule has 3 nitrogen and oxygen atoms in total. The average molecular weight is 238 g/mol. The third-order valence-corrected chi connectivity index (χ3v) is 2.62. The van der Waals surface area contributed by atoms with Crippen LogP contribution in [0, 0.1) is 6.92 Å². The van der Waals surface area contributed by atoms with Gasteiger partial charge in [-0.1, -0.05) is 11.6 Å². The Hall–Kier alpha value is -1.48. The summed E-state index contributed by atoms with van der Waals surface area (Å²) in [6, 6.07) is 5.46. The first-order chi connectivity index (χ1) is 7.61. The van der Waals surface area contributed by atoms with Gasteiger partial charge < -0.3 is 9.72 Å². The first-order valence-corrected chi connectivity index (χ1v) is 5.45. The minimum Gasteiger partial charge on any atom is -0.461 e. The fraction of sp³-hybridized carbons (Fsp3) is 0.250. The van der Waals surface area contributed by atoms with Gasteiger partial charge in [0.15, 0.2) is 0 Å². The maximum Gasteiger partial charge on any atom is 0.354 e. The number of carbonyl (C=O) groups is 1. The number of esters is 1. The second kappa shape index (κ2) is 4.18. The Kier molecular flexibility index (Phi) is 2.88.